The zero-order valence-corrected chi connectivity index (χ0v) is 9.28. The van der Waals surface area contributed by atoms with Gasteiger partial charge in [-0.1, -0.05) is 0 Å². The van der Waals surface area contributed by atoms with Gasteiger partial charge in [-0.05, 0) is 19.1 Å². The number of nitrogens with zero attached hydrogens (tertiary/aromatic N) is 1. The molecule has 19 heavy (non-hydrogen) atoms. The van der Waals surface area contributed by atoms with E-state index in [1.54, 1.807) is 0 Å². The van der Waals surface area contributed by atoms with Gasteiger partial charge in [-0.2, -0.15) is 31.6 Å². The van der Waals surface area contributed by atoms with Crippen LogP contribution in [0.5, 0.6) is 0 Å². The van der Waals surface area contributed by atoms with Crippen LogP contribution in [0.1, 0.15) is 34.0 Å². The van der Waals surface area contributed by atoms with E-state index in [2.05, 4.69) is 0 Å². The summed E-state index contributed by atoms with van der Waals surface area (Å²) in [4.78, 5) is 11.0. The molecule has 1 rings (SSSR count). The van der Waals surface area contributed by atoms with Gasteiger partial charge in [0.05, 0.1) is 22.8 Å². The Morgan fingerprint density at radius 3 is 1.84 bits per heavy atom. The molecule has 0 unspecified atom stereocenters. The summed E-state index contributed by atoms with van der Waals surface area (Å²) in [5.74, 6) is -1.16. The molecule has 0 radical (unpaired) electrons. The topological polar surface area (TPSA) is 40.9 Å². The summed E-state index contributed by atoms with van der Waals surface area (Å²) >= 11 is 0. The minimum absolute atomic E-state index is 0.0412. The zero-order chi connectivity index (χ0) is 15.0. The molecule has 1 aromatic rings. The first-order valence-corrected chi connectivity index (χ1v) is 4.72. The van der Waals surface area contributed by atoms with E-state index in [1.807, 2.05) is 0 Å². The number of alkyl halides is 6. The number of halogens is 6. The van der Waals surface area contributed by atoms with Crippen LogP contribution in [0.25, 0.3) is 0 Å². The number of carbonyl (C=O) groups excluding carboxylic acids is 1. The number of nitriles is 1. The van der Waals surface area contributed by atoms with Gasteiger partial charge in [0.15, 0.2) is 5.78 Å². The second-order valence-corrected chi connectivity index (χ2v) is 3.61. The summed E-state index contributed by atoms with van der Waals surface area (Å²) in [6.45, 7) is 0.719. The number of carbonyl (C=O) groups is 1. The standard InChI is InChI=1S/C11H5F6NO/c1-5(19)7-3-8(10(12,13)14)6(4-18)2-9(7)11(15,16)17/h2-3H,1H3. The lowest BCUT2D eigenvalue weighted by atomic mass is 9.96. The van der Waals surface area contributed by atoms with Crippen LogP contribution in [0.2, 0.25) is 0 Å². The van der Waals surface area contributed by atoms with Crippen LogP contribution in [-0.4, -0.2) is 5.78 Å². The predicted octanol–water partition coefficient (Wildman–Crippen LogP) is 3.80. The molecule has 0 aromatic heterocycles. The van der Waals surface area contributed by atoms with Crippen LogP contribution in [0.4, 0.5) is 26.3 Å². The first kappa shape index (κ1) is 15.0. The molecule has 0 aliphatic carbocycles. The van der Waals surface area contributed by atoms with Crippen molar-refractivity contribution in [3.63, 3.8) is 0 Å². The SMILES string of the molecule is CC(=O)c1cc(C(F)(F)F)c(C#N)cc1C(F)(F)F. The molecule has 2 nitrogen and oxygen atoms in total. The van der Waals surface area contributed by atoms with Gasteiger partial charge in [0, 0.05) is 5.56 Å². The third-order valence-electron chi connectivity index (χ3n) is 2.27. The number of rotatable bonds is 1. The molecule has 0 aliphatic rings. The summed E-state index contributed by atoms with van der Waals surface area (Å²) in [6.07, 6.45) is -10.0. The van der Waals surface area contributed by atoms with E-state index in [9.17, 15) is 31.1 Å². The summed E-state index contributed by atoms with van der Waals surface area (Å²) in [7, 11) is 0. The van der Waals surface area contributed by atoms with Crippen molar-refractivity contribution in [2.75, 3.05) is 0 Å². The average molecular weight is 281 g/mol. The molecule has 0 heterocycles. The largest absolute Gasteiger partial charge is 0.417 e. The summed E-state index contributed by atoms with van der Waals surface area (Å²) < 4.78 is 75.5. The fraction of sp³-hybridized carbons (Fsp3) is 0.273. The van der Waals surface area contributed by atoms with Crippen LogP contribution in [-0.2, 0) is 12.4 Å². The lowest BCUT2D eigenvalue weighted by Gasteiger charge is -2.15. The van der Waals surface area contributed by atoms with E-state index in [0.717, 1.165) is 13.0 Å². The van der Waals surface area contributed by atoms with Crippen molar-refractivity contribution >= 4 is 5.78 Å². The maximum atomic E-state index is 12.6. The highest BCUT2D eigenvalue weighted by Crippen LogP contribution is 2.38. The molecular formula is C11H5F6NO. The summed E-state index contributed by atoms with van der Waals surface area (Å²) in [6, 6.07) is 1.15. The minimum Gasteiger partial charge on any atom is -0.294 e. The molecule has 102 valence electrons. The third-order valence-corrected chi connectivity index (χ3v) is 2.27. The van der Waals surface area contributed by atoms with Gasteiger partial charge < -0.3 is 0 Å². The van der Waals surface area contributed by atoms with Crippen molar-refractivity contribution in [2.45, 2.75) is 19.3 Å². The molecule has 0 amide bonds. The first-order valence-electron chi connectivity index (χ1n) is 4.72. The molecule has 0 N–H and O–H groups in total. The van der Waals surface area contributed by atoms with E-state index < -0.39 is 40.4 Å². The Kier molecular flexibility index (Phi) is 3.61. The second kappa shape index (κ2) is 4.57. The minimum atomic E-state index is -5.02. The van der Waals surface area contributed by atoms with Gasteiger partial charge in [-0.3, -0.25) is 4.79 Å². The van der Waals surface area contributed by atoms with Crippen molar-refractivity contribution < 1.29 is 31.1 Å². The number of Topliss-reactive ketones (excluding diaryl/α,β-unsaturated/α-hetero) is 1. The Balaban J connectivity index is 3.73. The Morgan fingerprint density at radius 1 is 1.05 bits per heavy atom. The highest BCUT2D eigenvalue weighted by molar-refractivity contribution is 5.96. The Morgan fingerprint density at radius 2 is 1.53 bits per heavy atom. The van der Waals surface area contributed by atoms with Gasteiger partial charge in [0.1, 0.15) is 0 Å². The lowest BCUT2D eigenvalue weighted by molar-refractivity contribution is -0.141. The van der Waals surface area contributed by atoms with Gasteiger partial charge in [0.2, 0.25) is 0 Å². The van der Waals surface area contributed by atoms with Crippen LogP contribution >= 0.6 is 0 Å². The molecule has 0 saturated carbocycles. The zero-order valence-electron chi connectivity index (χ0n) is 9.28. The average Bonchev–Trinajstić information content (AvgIpc) is 2.24. The fourth-order valence-corrected chi connectivity index (χ4v) is 1.45. The first-order chi connectivity index (χ1) is 8.48. The Bertz CT molecular complexity index is 564. The van der Waals surface area contributed by atoms with Crippen LogP contribution in [0.3, 0.4) is 0 Å². The summed E-state index contributed by atoms with van der Waals surface area (Å²) in [5, 5.41) is 8.50. The van der Waals surface area contributed by atoms with Gasteiger partial charge in [0.25, 0.3) is 0 Å². The smallest absolute Gasteiger partial charge is 0.294 e. The molecule has 0 saturated heterocycles. The van der Waals surface area contributed by atoms with Crippen molar-refractivity contribution in [3.8, 4) is 6.07 Å². The molecule has 0 fully saturated rings. The van der Waals surface area contributed by atoms with E-state index in [1.165, 1.54) is 0 Å². The molecule has 0 aliphatic heterocycles. The fourth-order valence-electron chi connectivity index (χ4n) is 1.45. The maximum Gasteiger partial charge on any atom is 0.417 e. The van der Waals surface area contributed by atoms with Gasteiger partial charge >= 0.3 is 12.4 Å². The van der Waals surface area contributed by atoms with Gasteiger partial charge in [-0.25, -0.2) is 0 Å². The Hall–Kier alpha value is -2.04. The molecule has 0 spiro atoms. The van der Waals surface area contributed by atoms with Gasteiger partial charge in [-0.15, -0.1) is 0 Å². The van der Waals surface area contributed by atoms with Crippen LogP contribution < -0.4 is 0 Å². The van der Waals surface area contributed by atoms with Crippen LogP contribution in [0.15, 0.2) is 12.1 Å². The number of hydrogen-bond acceptors (Lipinski definition) is 2. The maximum absolute atomic E-state index is 12.6. The molecule has 8 heteroatoms. The lowest BCUT2D eigenvalue weighted by Crippen LogP contribution is -2.16. The summed E-state index contributed by atoms with van der Waals surface area (Å²) in [5.41, 5.74) is -5.40. The van der Waals surface area contributed by atoms with Crippen molar-refractivity contribution in [1.29, 1.82) is 5.26 Å². The molecule has 0 atom stereocenters. The highest BCUT2D eigenvalue weighted by atomic mass is 19.4. The van der Waals surface area contributed by atoms with Crippen molar-refractivity contribution in [1.82, 2.24) is 0 Å². The number of hydrogen-bond donors (Lipinski definition) is 0. The van der Waals surface area contributed by atoms with E-state index in [0.29, 0.717) is 0 Å². The second-order valence-electron chi connectivity index (χ2n) is 3.61. The molecule has 1 aromatic carbocycles. The predicted molar refractivity (Wildman–Crippen MR) is 51.2 cm³/mol. The van der Waals surface area contributed by atoms with Crippen molar-refractivity contribution in [3.05, 3.63) is 34.4 Å². The molecule has 0 bridgehead atoms. The number of ketones is 1. The number of benzene rings is 1. The quantitative estimate of drug-likeness (QED) is 0.580. The van der Waals surface area contributed by atoms with Crippen molar-refractivity contribution in [2.24, 2.45) is 0 Å². The van der Waals surface area contributed by atoms with Crippen LogP contribution in [0, 0.1) is 11.3 Å². The van der Waals surface area contributed by atoms with E-state index in [-0.39, 0.29) is 12.1 Å². The van der Waals surface area contributed by atoms with E-state index in [4.69, 9.17) is 5.26 Å². The molecular weight excluding hydrogens is 276 g/mol. The normalized spacial score (nSPS) is 12.1. The highest BCUT2D eigenvalue weighted by Gasteiger charge is 2.40. The Labute approximate surface area is 103 Å². The third kappa shape index (κ3) is 3.05. The van der Waals surface area contributed by atoms with E-state index >= 15 is 0 Å². The monoisotopic (exact) mass is 281 g/mol.